The van der Waals surface area contributed by atoms with E-state index in [0.29, 0.717) is 31.1 Å². The lowest BCUT2D eigenvalue weighted by Gasteiger charge is -2.39. The first kappa shape index (κ1) is 21.9. The summed E-state index contributed by atoms with van der Waals surface area (Å²) in [6.45, 7) is 1.66. The van der Waals surface area contributed by atoms with Crippen LogP contribution in [0.4, 0.5) is 0 Å². The van der Waals surface area contributed by atoms with Gasteiger partial charge in [0, 0.05) is 31.9 Å². The minimum Gasteiger partial charge on any atom is -0.493 e. The van der Waals surface area contributed by atoms with E-state index in [1.807, 2.05) is 66.6 Å². The first-order valence-corrected chi connectivity index (χ1v) is 10.8. The van der Waals surface area contributed by atoms with Gasteiger partial charge in [0.15, 0.2) is 11.5 Å². The van der Waals surface area contributed by atoms with E-state index >= 15 is 0 Å². The number of carbonyl (C=O) groups excluding carboxylic acids is 1. The zero-order chi connectivity index (χ0) is 22.7. The number of amides is 1. The highest BCUT2D eigenvalue weighted by Gasteiger charge is 2.33. The molecule has 2 heterocycles. The summed E-state index contributed by atoms with van der Waals surface area (Å²) in [6, 6.07) is 14.1. The van der Waals surface area contributed by atoms with Gasteiger partial charge in [-0.1, -0.05) is 30.3 Å². The maximum absolute atomic E-state index is 13.5. The largest absolute Gasteiger partial charge is 0.493 e. The fourth-order valence-electron chi connectivity index (χ4n) is 4.45. The van der Waals surface area contributed by atoms with E-state index in [1.54, 1.807) is 18.9 Å². The van der Waals surface area contributed by atoms with Gasteiger partial charge in [0.05, 0.1) is 33.0 Å². The van der Waals surface area contributed by atoms with Gasteiger partial charge >= 0.3 is 0 Å². The number of ether oxygens (including phenoxy) is 2. The number of likely N-dealkylation sites (N-methyl/N-ethyl adjacent to an activating group) is 1. The molecule has 0 saturated heterocycles. The Hall–Kier alpha value is -3.32. The smallest absolute Gasteiger partial charge is 0.237 e. The van der Waals surface area contributed by atoms with Crippen molar-refractivity contribution in [2.75, 3.05) is 34.4 Å². The molecule has 2 aromatic carbocycles. The molecule has 0 radical (unpaired) electrons. The third-order valence-electron chi connectivity index (χ3n) is 5.93. The fourth-order valence-corrected chi connectivity index (χ4v) is 4.45. The molecule has 1 amide bonds. The first-order chi connectivity index (χ1) is 15.5. The maximum Gasteiger partial charge on any atom is 0.237 e. The highest BCUT2D eigenvalue weighted by Crippen LogP contribution is 2.41. The molecule has 0 fully saturated rings. The summed E-state index contributed by atoms with van der Waals surface area (Å²) in [4.78, 5) is 17.5. The van der Waals surface area contributed by atoms with Gasteiger partial charge in [0.2, 0.25) is 5.91 Å². The second kappa shape index (κ2) is 9.44. The summed E-state index contributed by atoms with van der Waals surface area (Å²) in [5.41, 5.74) is 4.44. The number of carbonyl (C=O) groups is 1. The number of aryl methyl sites for hydroxylation is 1. The molecule has 168 valence electrons. The van der Waals surface area contributed by atoms with E-state index in [4.69, 9.17) is 9.47 Å². The zero-order valence-corrected chi connectivity index (χ0v) is 19.1. The Morgan fingerprint density at radius 1 is 1.16 bits per heavy atom. The molecule has 0 unspecified atom stereocenters. The van der Waals surface area contributed by atoms with E-state index in [0.717, 1.165) is 23.1 Å². The summed E-state index contributed by atoms with van der Waals surface area (Å²) >= 11 is 0. The molecule has 1 aliphatic rings. The molecule has 0 N–H and O–H groups in total. The van der Waals surface area contributed by atoms with Crippen LogP contribution in [-0.4, -0.2) is 59.8 Å². The average Bonchev–Trinajstić information content (AvgIpc) is 3.21. The van der Waals surface area contributed by atoms with Gasteiger partial charge in [-0.15, -0.1) is 0 Å². The van der Waals surface area contributed by atoms with Gasteiger partial charge in [-0.05, 0) is 42.3 Å². The first-order valence-electron chi connectivity index (χ1n) is 10.8. The number of hydrogen-bond donors (Lipinski definition) is 0. The number of rotatable bonds is 7. The van der Waals surface area contributed by atoms with Gasteiger partial charge in [-0.25, -0.2) is 0 Å². The lowest BCUT2D eigenvalue weighted by molar-refractivity contribution is -0.134. The van der Waals surface area contributed by atoms with Crippen LogP contribution in [0.1, 0.15) is 28.3 Å². The normalized spacial score (nSPS) is 15.5. The van der Waals surface area contributed by atoms with Crippen LogP contribution < -0.4 is 9.47 Å². The van der Waals surface area contributed by atoms with Gasteiger partial charge in [-0.3, -0.25) is 14.4 Å². The Kier molecular flexibility index (Phi) is 6.46. The monoisotopic (exact) mass is 434 g/mol. The van der Waals surface area contributed by atoms with E-state index in [-0.39, 0.29) is 11.9 Å². The van der Waals surface area contributed by atoms with Crippen molar-refractivity contribution < 1.29 is 14.3 Å². The van der Waals surface area contributed by atoms with Crippen LogP contribution in [0.25, 0.3) is 0 Å². The third kappa shape index (κ3) is 4.48. The molecule has 0 bridgehead atoms. The molecule has 7 nitrogen and oxygen atoms in total. The van der Waals surface area contributed by atoms with Crippen LogP contribution in [0.15, 0.2) is 54.9 Å². The molecule has 1 aromatic heterocycles. The average molecular weight is 435 g/mol. The summed E-state index contributed by atoms with van der Waals surface area (Å²) in [6.07, 6.45) is 4.59. The number of nitrogens with zero attached hydrogens (tertiary/aromatic N) is 4. The summed E-state index contributed by atoms with van der Waals surface area (Å²) in [5.74, 6) is 1.50. The standard InChI is InChI=1S/C25H30N4O3/c1-27(15-18-14-26-28(2)16-18)17-24(30)29-11-10-20-12-22(31-3)23(32-4)13-21(20)25(29)19-8-6-5-7-9-19/h5-9,12-14,16,25H,10-11,15,17H2,1-4H3/t25-/m0/s1. The van der Waals surface area contributed by atoms with Crippen LogP contribution in [0, 0.1) is 0 Å². The maximum atomic E-state index is 13.5. The molecule has 7 heteroatoms. The molecule has 0 aliphatic carbocycles. The van der Waals surface area contributed by atoms with Crippen molar-refractivity contribution >= 4 is 5.91 Å². The molecule has 1 atom stereocenters. The Morgan fingerprint density at radius 3 is 2.53 bits per heavy atom. The molecule has 1 aliphatic heterocycles. The van der Waals surface area contributed by atoms with E-state index in [2.05, 4.69) is 17.2 Å². The molecule has 0 saturated carbocycles. The molecular formula is C25H30N4O3. The second-order valence-electron chi connectivity index (χ2n) is 8.25. The predicted octanol–water partition coefficient (Wildman–Crippen LogP) is 3.04. The minimum absolute atomic E-state index is 0.102. The number of methoxy groups -OCH3 is 2. The Labute approximate surface area is 189 Å². The van der Waals surface area contributed by atoms with Crippen molar-refractivity contribution in [1.29, 1.82) is 0 Å². The molecular weight excluding hydrogens is 404 g/mol. The summed E-state index contributed by atoms with van der Waals surface area (Å²) in [7, 11) is 7.15. The van der Waals surface area contributed by atoms with Crippen molar-refractivity contribution in [2.24, 2.45) is 7.05 Å². The van der Waals surface area contributed by atoms with Gasteiger partial charge in [-0.2, -0.15) is 5.10 Å². The highest BCUT2D eigenvalue weighted by molar-refractivity contribution is 5.80. The SMILES string of the molecule is COc1cc2c(cc1OC)[C@H](c1ccccc1)N(C(=O)CN(C)Cc1cnn(C)c1)CC2. The Bertz CT molecular complexity index is 1080. The van der Waals surface area contributed by atoms with E-state index in [9.17, 15) is 4.79 Å². The van der Waals surface area contributed by atoms with Crippen molar-refractivity contribution in [3.8, 4) is 11.5 Å². The minimum atomic E-state index is -0.168. The van der Waals surface area contributed by atoms with Crippen molar-refractivity contribution in [1.82, 2.24) is 19.6 Å². The molecule has 32 heavy (non-hydrogen) atoms. The van der Waals surface area contributed by atoms with Crippen molar-refractivity contribution in [2.45, 2.75) is 19.0 Å². The Morgan fingerprint density at radius 2 is 1.88 bits per heavy atom. The fraction of sp³-hybridized carbons (Fsp3) is 0.360. The molecule has 0 spiro atoms. The predicted molar refractivity (Wildman–Crippen MR) is 123 cm³/mol. The number of fused-ring (bicyclic) bond motifs is 1. The van der Waals surface area contributed by atoms with Crippen LogP contribution >= 0.6 is 0 Å². The Balaban J connectivity index is 1.63. The van der Waals surface area contributed by atoms with Crippen molar-refractivity contribution in [3.05, 3.63) is 77.1 Å². The van der Waals surface area contributed by atoms with Crippen molar-refractivity contribution in [3.63, 3.8) is 0 Å². The van der Waals surface area contributed by atoms with Gasteiger partial charge < -0.3 is 14.4 Å². The number of hydrogen-bond acceptors (Lipinski definition) is 5. The van der Waals surface area contributed by atoms with Gasteiger partial charge in [0.25, 0.3) is 0 Å². The van der Waals surface area contributed by atoms with Gasteiger partial charge in [0.1, 0.15) is 0 Å². The third-order valence-corrected chi connectivity index (χ3v) is 5.93. The zero-order valence-electron chi connectivity index (χ0n) is 19.1. The lowest BCUT2D eigenvalue weighted by Crippen LogP contribution is -2.44. The van der Waals surface area contributed by atoms with Crippen LogP contribution in [0.5, 0.6) is 11.5 Å². The molecule has 3 aromatic rings. The topological polar surface area (TPSA) is 59.8 Å². The van der Waals surface area contributed by atoms with Crippen LogP contribution in [-0.2, 0) is 24.8 Å². The number of benzene rings is 2. The van der Waals surface area contributed by atoms with Crippen LogP contribution in [0.2, 0.25) is 0 Å². The van der Waals surface area contributed by atoms with Crippen LogP contribution in [0.3, 0.4) is 0 Å². The summed E-state index contributed by atoms with van der Waals surface area (Å²) in [5, 5.41) is 4.22. The lowest BCUT2D eigenvalue weighted by atomic mass is 9.87. The quantitative estimate of drug-likeness (QED) is 0.572. The molecule has 4 rings (SSSR count). The summed E-state index contributed by atoms with van der Waals surface area (Å²) < 4.78 is 12.9. The number of aromatic nitrogens is 2. The van der Waals surface area contributed by atoms with E-state index in [1.165, 1.54) is 5.56 Å². The highest BCUT2D eigenvalue weighted by atomic mass is 16.5. The second-order valence-corrected chi connectivity index (χ2v) is 8.25. The van der Waals surface area contributed by atoms with E-state index < -0.39 is 0 Å².